The minimum absolute atomic E-state index is 0.0273. The van der Waals surface area contributed by atoms with Gasteiger partial charge < -0.3 is 20.7 Å². The number of nitrogens with zero attached hydrogens (tertiary/aromatic N) is 1. The first-order valence-electron chi connectivity index (χ1n) is 7.87. The number of halogens is 2. The summed E-state index contributed by atoms with van der Waals surface area (Å²) < 4.78 is 29.4. The average molecular weight is 341 g/mol. The molecule has 0 bridgehead atoms. The number of carbonyl (C=O) groups excluding carboxylic acids is 2. The highest BCUT2D eigenvalue weighted by atomic mass is 19.3. The van der Waals surface area contributed by atoms with Gasteiger partial charge in [0.1, 0.15) is 11.8 Å². The van der Waals surface area contributed by atoms with Crippen LogP contribution in [0.3, 0.4) is 0 Å². The van der Waals surface area contributed by atoms with Crippen LogP contribution in [0.2, 0.25) is 0 Å². The molecule has 1 aromatic carbocycles. The van der Waals surface area contributed by atoms with Crippen LogP contribution in [-0.4, -0.2) is 49.0 Å². The van der Waals surface area contributed by atoms with Gasteiger partial charge in [-0.05, 0) is 37.9 Å². The van der Waals surface area contributed by atoms with Crippen molar-refractivity contribution in [2.75, 3.05) is 19.6 Å². The molecule has 132 valence electrons. The van der Waals surface area contributed by atoms with Gasteiger partial charge in [0.05, 0.1) is 5.56 Å². The Labute approximate surface area is 138 Å². The van der Waals surface area contributed by atoms with Gasteiger partial charge in [0.15, 0.2) is 0 Å². The van der Waals surface area contributed by atoms with E-state index >= 15 is 0 Å². The minimum Gasteiger partial charge on any atom is -0.434 e. The number of rotatable bonds is 7. The largest absolute Gasteiger partial charge is 0.434 e. The Morgan fingerprint density at radius 3 is 2.83 bits per heavy atom. The van der Waals surface area contributed by atoms with Crippen molar-refractivity contribution in [3.8, 4) is 5.75 Å². The van der Waals surface area contributed by atoms with E-state index < -0.39 is 18.6 Å². The maximum Gasteiger partial charge on any atom is 0.387 e. The van der Waals surface area contributed by atoms with E-state index in [-0.39, 0.29) is 17.2 Å². The summed E-state index contributed by atoms with van der Waals surface area (Å²) in [6.45, 7) is -1.71. The standard InChI is InChI=1S/C16H21F2N3O3/c17-16(18)24-13-7-2-1-5-11(13)15(23)21-10-3-6-12(21)14(22)20-9-4-8-19/h1-2,5,7,12,16H,3-4,6,8-10,19H2,(H,20,22). The molecule has 0 aromatic heterocycles. The first-order chi connectivity index (χ1) is 11.5. The van der Waals surface area contributed by atoms with Crippen LogP contribution < -0.4 is 15.8 Å². The fourth-order valence-electron chi connectivity index (χ4n) is 2.71. The number of nitrogens with one attached hydrogen (secondary N) is 1. The molecule has 0 radical (unpaired) electrons. The fraction of sp³-hybridized carbons (Fsp3) is 0.500. The van der Waals surface area contributed by atoms with Crippen molar-refractivity contribution in [2.45, 2.75) is 31.9 Å². The van der Waals surface area contributed by atoms with Crippen molar-refractivity contribution >= 4 is 11.8 Å². The van der Waals surface area contributed by atoms with Crippen molar-refractivity contribution in [3.63, 3.8) is 0 Å². The van der Waals surface area contributed by atoms with Gasteiger partial charge in [0, 0.05) is 13.1 Å². The molecule has 0 spiro atoms. The topological polar surface area (TPSA) is 84.7 Å². The van der Waals surface area contributed by atoms with Crippen molar-refractivity contribution < 1.29 is 23.1 Å². The SMILES string of the molecule is NCCCNC(=O)C1CCCN1C(=O)c1ccccc1OC(F)F. The second-order valence-corrected chi connectivity index (χ2v) is 5.46. The Kier molecular flexibility index (Phi) is 6.48. The van der Waals surface area contributed by atoms with Gasteiger partial charge >= 0.3 is 6.61 Å². The predicted molar refractivity (Wildman–Crippen MR) is 83.8 cm³/mol. The molecule has 24 heavy (non-hydrogen) atoms. The molecule has 3 N–H and O–H groups in total. The summed E-state index contributed by atoms with van der Waals surface area (Å²) in [5.41, 5.74) is 5.41. The zero-order valence-electron chi connectivity index (χ0n) is 13.2. The molecule has 1 fully saturated rings. The second-order valence-electron chi connectivity index (χ2n) is 5.46. The van der Waals surface area contributed by atoms with Gasteiger partial charge in [-0.15, -0.1) is 0 Å². The van der Waals surface area contributed by atoms with Crippen LogP contribution in [0.4, 0.5) is 8.78 Å². The lowest BCUT2D eigenvalue weighted by Gasteiger charge is -2.24. The molecule has 1 aliphatic rings. The third kappa shape index (κ3) is 4.41. The summed E-state index contributed by atoms with van der Waals surface area (Å²) in [6.07, 6.45) is 1.87. The van der Waals surface area contributed by atoms with E-state index in [0.717, 1.165) is 0 Å². The van der Waals surface area contributed by atoms with E-state index in [2.05, 4.69) is 10.1 Å². The highest BCUT2D eigenvalue weighted by Crippen LogP contribution is 2.26. The molecule has 2 rings (SSSR count). The van der Waals surface area contributed by atoms with Crippen LogP contribution in [-0.2, 0) is 4.79 Å². The van der Waals surface area contributed by atoms with Crippen LogP contribution >= 0.6 is 0 Å². The van der Waals surface area contributed by atoms with Gasteiger partial charge in [-0.1, -0.05) is 12.1 Å². The summed E-state index contributed by atoms with van der Waals surface area (Å²) in [5, 5.41) is 2.74. The molecular weight excluding hydrogens is 320 g/mol. The Hall–Kier alpha value is -2.22. The third-order valence-corrected chi connectivity index (χ3v) is 3.83. The Bertz CT molecular complexity index is 583. The van der Waals surface area contributed by atoms with E-state index in [0.29, 0.717) is 38.9 Å². The number of ether oxygens (including phenoxy) is 1. The smallest absolute Gasteiger partial charge is 0.387 e. The molecule has 1 atom stereocenters. The molecule has 1 unspecified atom stereocenters. The molecule has 0 saturated carbocycles. The second kappa shape index (κ2) is 8.58. The first kappa shape index (κ1) is 18.1. The van der Waals surface area contributed by atoms with E-state index in [1.807, 2.05) is 0 Å². The van der Waals surface area contributed by atoms with E-state index in [9.17, 15) is 18.4 Å². The number of hydrogen-bond donors (Lipinski definition) is 2. The van der Waals surface area contributed by atoms with Gasteiger partial charge in [-0.25, -0.2) is 0 Å². The Morgan fingerprint density at radius 1 is 1.38 bits per heavy atom. The quantitative estimate of drug-likeness (QED) is 0.734. The maximum absolute atomic E-state index is 12.7. The van der Waals surface area contributed by atoms with Crippen LogP contribution in [0.15, 0.2) is 24.3 Å². The lowest BCUT2D eigenvalue weighted by atomic mass is 10.1. The van der Waals surface area contributed by atoms with Gasteiger partial charge in [-0.2, -0.15) is 8.78 Å². The summed E-state index contributed by atoms with van der Waals surface area (Å²) >= 11 is 0. The summed E-state index contributed by atoms with van der Waals surface area (Å²) in [6, 6.07) is 5.20. The molecule has 8 heteroatoms. The number of benzene rings is 1. The zero-order chi connectivity index (χ0) is 17.5. The molecule has 0 aliphatic carbocycles. The zero-order valence-corrected chi connectivity index (χ0v) is 13.2. The van der Waals surface area contributed by atoms with Crippen molar-refractivity contribution in [2.24, 2.45) is 5.73 Å². The van der Waals surface area contributed by atoms with Crippen LogP contribution in [0.5, 0.6) is 5.75 Å². The number of alkyl halides is 2. The molecule has 1 aromatic rings. The number of para-hydroxylation sites is 1. The fourth-order valence-corrected chi connectivity index (χ4v) is 2.71. The lowest BCUT2D eigenvalue weighted by Crippen LogP contribution is -2.46. The minimum atomic E-state index is -3.02. The van der Waals surface area contributed by atoms with Gasteiger partial charge in [0.2, 0.25) is 5.91 Å². The number of nitrogens with two attached hydrogens (primary N) is 1. The molecule has 2 amide bonds. The van der Waals surface area contributed by atoms with Crippen molar-refractivity contribution in [1.82, 2.24) is 10.2 Å². The highest BCUT2D eigenvalue weighted by molar-refractivity contribution is 6.00. The van der Waals surface area contributed by atoms with Crippen LogP contribution in [0, 0.1) is 0 Å². The van der Waals surface area contributed by atoms with E-state index in [1.54, 1.807) is 6.07 Å². The maximum atomic E-state index is 12.7. The molecule has 6 nitrogen and oxygen atoms in total. The molecular formula is C16H21F2N3O3. The van der Waals surface area contributed by atoms with Crippen LogP contribution in [0.1, 0.15) is 29.6 Å². The molecule has 1 heterocycles. The average Bonchev–Trinajstić information content (AvgIpc) is 3.04. The number of likely N-dealkylation sites (tertiary alicyclic amines) is 1. The predicted octanol–water partition coefficient (Wildman–Crippen LogP) is 1.36. The summed E-state index contributed by atoms with van der Waals surface area (Å²) in [4.78, 5) is 26.3. The summed E-state index contributed by atoms with van der Waals surface area (Å²) in [5.74, 6) is -0.920. The lowest BCUT2D eigenvalue weighted by molar-refractivity contribution is -0.124. The number of carbonyl (C=O) groups is 2. The molecule has 1 aliphatic heterocycles. The third-order valence-electron chi connectivity index (χ3n) is 3.83. The van der Waals surface area contributed by atoms with Crippen LogP contribution in [0.25, 0.3) is 0 Å². The normalized spacial score (nSPS) is 17.2. The first-order valence-corrected chi connectivity index (χ1v) is 7.87. The highest BCUT2D eigenvalue weighted by Gasteiger charge is 2.35. The van der Waals surface area contributed by atoms with Gasteiger partial charge in [-0.3, -0.25) is 9.59 Å². The van der Waals surface area contributed by atoms with Crippen molar-refractivity contribution in [1.29, 1.82) is 0 Å². The van der Waals surface area contributed by atoms with Gasteiger partial charge in [0.25, 0.3) is 5.91 Å². The monoisotopic (exact) mass is 341 g/mol. The summed E-state index contributed by atoms with van der Waals surface area (Å²) in [7, 11) is 0. The van der Waals surface area contributed by atoms with Crippen molar-refractivity contribution in [3.05, 3.63) is 29.8 Å². The Morgan fingerprint density at radius 2 is 2.12 bits per heavy atom. The Balaban J connectivity index is 2.12. The van der Waals surface area contributed by atoms with E-state index in [4.69, 9.17) is 5.73 Å². The van der Waals surface area contributed by atoms with E-state index in [1.165, 1.54) is 23.1 Å². The number of amides is 2. The number of hydrogen-bond acceptors (Lipinski definition) is 4. The molecule has 1 saturated heterocycles.